The molecule has 0 bridgehead atoms. The van der Waals surface area contributed by atoms with Crippen molar-refractivity contribution in [1.29, 1.82) is 0 Å². The van der Waals surface area contributed by atoms with E-state index in [0.717, 1.165) is 10.2 Å². The van der Waals surface area contributed by atoms with Gasteiger partial charge < -0.3 is 15.8 Å². The van der Waals surface area contributed by atoms with E-state index >= 15 is 0 Å². The summed E-state index contributed by atoms with van der Waals surface area (Å²) in [6.45, 7) is 0. The quantitative estimate of drug-likeness (QED) is 0.910. The number of nitrogens with one attached hydrogen (secondary N) is 1. The second kappa shape index (κ2) is 5.01. The van der Waals surface area contributed by atoms with Gasteiger partial charge in [0.15, 0.2) is 11.6 Å². The van der Waals surface area contributed by atoms with E-state index in [2.05, 4.69) is 31.2 Å². The van der Waals surface area contributed by atoms with E-state index in [-0.39, 0.29) is 0 Å². The topological polar surface area (TPSA) is 73.1 Å². The van der Waals surface area contributed by atoms with Gasteiger partial charge in [0.05, 0.1) is 7.11 Å². The molecule has 5 nitrogen and oxygen atoms in total. The lowest BCUT2D eigenvalue weighted by atomic mass is 10.3. The molecule has 0 fully saturated rings. The van der Waals surface area contributed by atoms with Crippen LogP contribution in [0.3, 0.4) is 0 Å². The fourth-order valence-corrected chi connectivity index (χ4v) is 1.61. The number of methoxy groups -OCH3 is 1. The SMILES string of the molecule is COc1c(N)ncnc1Nc1ccc(Br)cc1. The Morgan fingerprint density at radius 1 is 1.24 bits per heavy atom. The first-order valence-corrected chi connectivity index (χ1v) is 5.67. The van der Waals surface area contributed by atoms with E-state index in [1.54, 1.807) is 0 Å². The Bertz CT molecular complexity index is 515. The van der Waals surface area contributed by atoms with Gasteiger partial charge in [-0.15, -0.1) is 0 Å². The zero-order chi connectivity index (χ0) is 12.3. The molecule has 1 heterocycles. The molecule has 0 amide bonds. The smallest absolute Gasteiger partial charge is 0.204 e. The highest BCUT2D eigenvalue weighted by atomic mass is 79.9. The summed E-state index contributed by atoms with van der Waals surface area (Å²) in [5.41, 5.74) is 6.58. The normalized spacial score (nSPS) is 10.0. The van der Waals surface area contributed by atoms with Gasteiger partial charge in [-0.2, -0.15) is 0 Å². The van der Waals surface area contributed by atoms with Crippen LogP contribution in [0.5, 0.6) is 5.75 Å². The first-order valence-electron chi connectivity index (χ1n) is 4.88. The monoisotopic (exact) mass is 294 g/mol. The van der Waals surface area contributed by atoms with Gasteiger partial charge in [0.25, 0.3) is 0 Å². The Balaban J connectivity index is 2.29. The van der Waals surface area contributed by atoms with Gasteiger partial charge in [0.2, 0.25) is 5.75 Å². The first kappa shape index (κ1) is 11.7. The molecule has 88 valence electrons. The number of rotatable bonds is 3. The number of ether oxygens (including phenoxy) is 1. The summed E-state index contributed by atoms with van der Waals surface area (Å²) in [5.74, 6) is 1.29. The maximum Gasteiger partial charge on any atom is 0.204 e. The maximum absolute atomic E-state index is 5.69. The molecule has 0 unspecified atom stereocenters. The third-order valence-corrected chi connectivity index (χ3v) is 2.67. The van der Waals surface area contributed by atoms with Crippen molar-refractivity contribution in [3.63, 3.8) is 0 Å². The molecule has 1 aromatic carbocycles. The number of hydrogen-bond acceptors (Lipinski definition) is 5. The Morgan fingerprint density at radius 2 is 1.94 bits per heavy atom. The molecule has 0 atom stereocenters. The van der Waals surface area contributed by atoms with Crippen molar-refractivity contribution in [2.24, 2.45) is 0 Å². The third-order valence-electron chi connectivity index (χ3n) is 2.14. The minimum absolute atomic E-state index is 0.308. The van der Waals surface area contributed by atoms with E-state index in [0.29, 0.717) is 17.4 Å². The highest BCUT2D eigenvalue weighted by Gasteiger charge is 2.09. The highest BCUT2D eigenvalue weighted by molar-refractivity contribution is 9.10. The molecule has 0 aliphatic rings. The molecule has 3 N–H and O–H groups in total. The highest BCUT2D eigenvalue weighted by Crippen LogP contribution is 2.29. The second-order valence-corrected chi connectivity index (χ2v) is 4.19. The number of halogens is 1. The molecule has 6 heteroatoms. The molecule has 2 rings (SSSR count). The lowest BCUT2D eigenvalue weighted by molar-refractivity contribution is 0.415. The van der Waals surface area contributed by atoms with Gasteiger partial charge >= 0.3 is 0 Å². The van der Waals surface area contributed by atoms with E-state index in [9.17, 15) is 0 Å². The summed E-state index contributed by atoms with van der Waals surface area (Å²) in [7, 11) is 1.53. The summed E-state index contributed by atoms with van der Waals surface area (Å²) in [4.78, 5) is 7.95. The number of nitrogen functional groups attached to an aromatic ring is 1. The molecule has 0 spiro atoms. The first-order chi connectivity index (χ1) is 8.20. The molecule has 0 aliphatic heterocycles. The number of nitrogens with two attached hydrogens (primary N) is 1. The van der Waals surface area contributed by atoms with Crippen molar-refractivity contribution in [1.82, 2.24) is 9.97 Å². The zero-order valence-electron chi connectivity index (χ0n) is 9.14. The van der Waals surface area contributed by atoms with Gasteiger partial charge in [-0.1, -0.05) is 15.9 Å². The Labute approximate surface area is 107 Å². The van der Waals surface area contributed by atoms with E-state index in [4.69, 9.17) is 10.5 Å². The lowest BCUT2D eigenvalue weighted by Crippen LogP contribution is -2.02. The van der Waals surface area contributed by atoms with Crippen LogP contribution < -0.4 is 15.8 Å². The molecule has 2 aromatic rings. The molecule has 0 aliphatic carbocycles. The molecule has 1 aromatic heterocycles. The molecule has 0 saturated heterocycles. The number of benzene rings is 1. The molecule has 0 saturated carbocycles. The summed E-state index contributed by atoms with van der Waals surface area (Å²) >= 11 is 3.37. The fourth-order valence-electron chi connectivity index (χ4n) is 1.35. The van der Waals surface area contributed by atoms with Gasteiger partial charge in [-0.3, -0.25) is 0 Å². The minimum Gasteiger partial charge on any atom is -0.490 e. The van der Waals surface area contributed by atoms with Crippen molar-refractivity contribution >= 4 is 33.3 Å². The maximum atomic E-state index is 5.69. The van der Waals surface area contributed by atoms with Crippen LogP contribution in [0.15, 0.2) is 35.1 Å². The number of aromatic nitrogens is 2. The number of hydrogen-bond donors (Lipinski definition) is 2. The predicted octanol–water partition coefficient (Wildman–Crippen LogP) is 2.57. The summed E-state index contributed by atoms with van der Waals surface area (Å²) in [5, 5.41) is 3.11. The lowest BCUT2D eigenvalue weighted by Gasteiger charge is -2.10. The van der Waals surface area contributed by atoms with Gasteiger partial charge in [0.1, 0.15) is 6.33 Å². The van der Waals surface area contributed by atoms with Gasteiger partial charge in [-0.05, 0) is 24.3 Å². The standard InChI is InChI=1S/C11H11BrN4O/c1-17-9-10(13)14-6-15-11(9)16-8-4-2-7(12)3-5-8/h2-6H,1H3,(H3,13,14,15,16). The molecule has 17 heavy (non-hydrogen) atoms. The zero-order valence-corrected chi connectivity index (χ0v) is 10.7. The van der Waals surface area contributed by atoms with Gasteiger partial charge in [-0.25, -0.2) is 9.97 Å². The van der Waals surface area contributed by atoms with Crippen LogP contribution in [0.1, 0.15) is 0 Å². The van der Waals surface area contributed by atoms with Crippen LogP contribution in [0, 0.1) is 0 Å². The Hall–Kier alpha value is -1.82. The average molecular weight is 295 g/mol. The van der Waals surface area contributed by atoms with Crippen LogP contribution in [-0.4, -0.2) is 17.1 Å². The van der Waals surface area contributed by atoms with Gasteiger partial charge in [0, 0.05) is 10.2 Å². The average Bonchev–Trinajstić information content (AvgIpc) is 2.32. The fraction of sp³-hybridized carbons (Fsp3) is 0.0909. The third kappa shape index (κ3) is 2.65. The summed E-state index contributed by atoms with van der Waals surface area (Å²) in [6, 6.07) is 7.70. The minimum atomic E-state index is 0.308. The van der Waals surface area contributed by atoms with Crippen molar-refractivity contribution in [2.75, 3.05) is 18.2 Å². The van der Waals surface area contributed by atoms with Crippen molar-refractivity contribution in [3.8, 4) is 5.75 Å². The van der Waals surface area contributed by atoms with Crippen LogP contribution in [0.4, 0.5) is 17.3 Å². The van der Waals surface area contributed by atoms with Crippen molar-refractivity contribution in [2.45, 2.75) is 0 Å². The number of anilines is 3. The summed E-state index contributed by atoms with van der Waals surface area (Å²) in [6.07, 6.45) is 1.39. The van der Waals surface area contributed by atoms with Crippen LogP contribution in [-0.2, 0) is 0 Å². The molecule has 0 radical (unpaired) electrons. The van der Waals surface area contributed by atoms with E-state index < -0.39 is 0 Å². The van der Waals surface area contributed by atoms with Crippen LogP contribution in [0.2, 0.25) is 0 Å². The molecular weight excluding hydrogens is 284 g/mol. The van der Waals surface area contributed by atoms with Crippen LogP contribution in [0.25, 0.3) is 0 Å². The molecular formula is C11H11BrN4O. The largest absolute Gasteiger partial charge is 0.490 e. The van der Waals surface area contributed by atoms with E-state index in [1.165, 1.54) is 13.4 Å². The van der Waals surface area contributed by atoms with Crippen molar-refractivity contribution < 1.29 is 4.74 Å². The van der Waals surface area contributed by atoms with E-state index in [1.807, 2.05) is 24.3 Å². The Kier molecular flexibility index (Phi) is 3.43. The van der Waals surface area contributed by atoms with Crippen molar-refractivity contribution in [3.05, 3.63) is 35.1 Å². The number of nitrogens with zero attached hydrogens (tertiary/aromatic N) is 2. The summed E-state index contributed by atoms with van der Waals surface area (Å²) < 4.78 is 6.16. The Morgan fingerprint density at radius 3 is 2.59 bits per heavy atom. The second-order valence-electron chi connectivity index (χ2n) is 3.27. The predicted molar refractivity (Wildman–Crippen MR) is 70.4 cm³/mol. The van der Waals surface area contributed by atoms with Crippen LogP contribution >= 0.6 is 15.9 Å².